The van der Waals surface area contributed by atoms with E-state index in [-0.39, 0.29) is 11.5 Å². The second kappa shape index (κ2) is 4.78. The summed E-state index contributed by atoms with van der Waals surface area (Å²) >= 11 is 0. The monoisotopic (exact) mass is 236 g/mol. The molecule has 17 heavy (non-hydrogen) atoms. The van der Waals surface area contributed by atoms with Crippen molar-refractivity contribution in [2.45, 2.75) is 0 Å². The SMILES string of the molecule is COc1ccc(F)c(Nc2cccc(F)n2)c1. The minimum absolute atomic E-state index is 0.183. The van der Waals surface area contributed by atoms with Crippen molar-refractivity contribution in [3.63, 3.8) is 0 Å². The molecule has 0 saturated carbocycles. The molecule has 0 saturated heterocycles. The first-order valence-electron chi connectivity index (χ1n) is 4.92. The summed E-state index contributed by atoms with van der Waals surface area (Å²) in [6.45, 7) is 0. The zero-order valence-corrected chi connectivity index (χ0v) is 9.08. The van der Waals surface area contributed by atoms with E-state index in [4.69, 9.17) is 4.74 Å². The molecule has 1 aromatic heterocycles. The standard InChI is InChI=1S/C12H10F2N2O/c1-17-8-5-6-9(13)10(7-8)15-12-4-2-3-11(14)16-12/h2-7H,1H3,(H,15,16). The fourth-order valence-corrected chi connectivity index (χ4v) is 1.34. The van der Waals surface area contributed by atoms with Gasteiger partial charge in [-0.25, -0.2) is 9.37 Å². The summed E-state index contributed by atoms with van der Waals surface area (Å²) in [6.07, 6.45) is 0. The molecular weight excluding hydrogens is 226 g/mol. The van der Waals surface area contributed by atoms with Crippen molar-refractivity contribution in [3.05, 3.63) is 48.2 Å². The van der Waals surface area contributed by atoms with Gasteiger partial charge in [0.25, 0.3) is 0 Å². The molecule has 0 radical (unpaired) electrons. The number of hydrogen-bond donors (Lipinski definition) is 1. The number of benzene rings is 1. The van der Waals surface area contributed by atoms with Crippen LogP contribution in [-0.4, -0.2) is 12.1 Å². The van der Waals surface area contributed by atoms with Crippen molar-refractivity contribution >= 4 is 11.5 Å². The second-order valence-electron chi connectivity index (χ2n) is 3.32. The van der Waals surface area contributed by atoms with E-state index in [1.165, 1.54) is 37.4 Å². The largest absolute Gasteiger partial charge is 0.497 e. The fourth-order valence-electron chi connectivity index (χ4n) is 1.34. The molecule has 1 aromatic carbocycles. The predicted molar refractivity (Wildman–Crippen MR) is 60.4 cm³/mol. The minimum Gasteiger partial charge on any atom is -0.497 e. The Kier molecular flexibility index (Phi) is 3.18. The number of anilines is 2. The van der Waals surface area contributed by atoms with Crippen LogP contribution in [-0.2, 0) is 0 Å². The van der Waals surface area contributed by atoms with E-state index < -0.39 is 11.8 Å². The highest BCUT2D eigenvalue weighted by molar-refractivity contribution is 5.58. The number of nitrogens with zero attached hydrogens (tertiary/aromatic N) is 1. The van der Waals surface area contributed by atoms with Crippen LogP contribution in [0.25, 0.3) is 0 Å². The van der Waals surface area contributed by atoms with E-state index in [9.17, 15) is 8.78 Å². The molecular formula is C12H10F2N2O. The predicted octanol–water partition coefficient (Wildman–Crippen LogP) is 3.11. The van der Waals surface area contributed by atoms with Crippen LogP contribution in [0.5, 0.6) is 5.75 Å². The lowest BCUT2D eigenvalue weighted by Gasteiger charge is -2.08. The number of pyridine rings is 1. The summed E-state index contributed by atoms with van der Waals surface area (Å²) in [5, 5.41) is 2.68. The molecule has 1 N–H and O–H groups in total. The molecule has 2 aromatic rings. The fraction of sp³-hybridized carbons (Fsp3) is 0.0833. The van der Waals surface area contributed by atoms with Gasteiger partial charge in [0.05, 0.1) is 12.8 Å². The van der Waals surface area contributed by atoms with Gasteiger partial charge in [-0.15, -0.1) is 0 Å². The number of nitrogens with one attached hydrogen (secondary N) is 1. The molecule has 2 rings (SSSR count). The van der Waals surface area contributed by atoms with Crippen LogP contribution in [0, 0.1) is 11.8 Å². The van der Waals surface area contributed by atoms with Crippen LogP contribution < -0.4 is 10.1 Å². The quantitative estimate of drug-likeness (QED) is 0.831. The van der Waals surface area contributed by atoms with Gasteiger partial charge in [-0.3, -0.25) is 0 Å². The van der Waals surface area contributed by atoms with E-state index in [2.05, 4.69) is 10.3 Å². The molecule has 0 aliphatic heterocycles. The summed E-state index contributed by atoms with van der Waals surface area (Å²) < 4.78 is 31.3. The van der Waals surface area contributed by atoms with Gasteiger partial charge in [0.15, 0.2) is 0 Å². The van der Waals surface area contributed by atoms with Crippen molar-refractivity contribution in [2.24, 2.45) is 0 Å². The highest BCUT2D eigenvalue weighted by atomic mass is 19.1. The molecule has 0 bridgehead atoms. The lowest BCUT2D eigenvalue weighted by molar-refractivity contribution is 0.414. The molecule has 0 unspecified atom stereocenters. The molecule has 0 fully saturated rings. The maximum Gasteiger partial charge on any atom is 0.214 e. The van der Waals surface area contributed by atoms with E-state index in [0.717, 1.165) is 0 Å². The molecule has 0 aliphatic rings. The van der Waals surface area contributed by atoms with Crippen molar-refractivity contribution in [2.75, 3.05) is 12.4 Å². The van der Waals surface area contributed by atoms with Gasteiger partial charge in [0, 0.05) is 6.07 Å². The van der Waals surface area contributed by atoms with E-state index in [0.29, 0.717) is 5.75 Å². The zero-order valence-electron chi connectivity index (χ0n) is 9.08. The summed E-state index contributed by atoms with van der Waals surface area (Å²) in [6, 6.07) is 8.49. The number of rotatable bonds is 3. The number of ether oxygens (including phenoxy) is 1. The Labute approximate surface area is 97.1 Å². The van der Waals surface area contributed by atoms with Crippen molar-refractivity contribution in [3.8, 4) is 5.75 Å². The number of aromatic nitrogens is 1. The van der Waals surface area contributed by atoms with Crippen LogP contribution >= 0.6 is 0 Å². The smallest absolute Gasteiger partial charge is 0.214 e. The third-order valence-corrected chi connectivity index (χ3v) is 2.15. The first kappa shape index (κ1) is 11.3. The van der Waals surface area contributed by atoms with Crippen LogP contribution in [0.2, 0.25) is 0 Å². The Morgan fingerprint density at radius 1 is 1.18 bits per heavy atom. The van der Waals surface area contributed by atoms with Gasteiger partial charge in [-0.05, 0) is 24.3 Å². The maximum absolute atomic E-state index is 13.5. The van der Waals surface area contributed by atoms with Gasteiger partial charge in [-0.2, -0.15) is 4.39 Å². The molecule has 1 heterocycles. The van der Waals surface area contributed by atoms with Crippen molar-refractivity contribution in [1.29, 1.82) is 0 Å². The topological polar surface area (TPSA) is 34.1 Å². The lowest BCUT2D eigenvalue weighted by Crippen LogP contribution is -1.98. The Morgan fingerprint density at radius 3 is 2.71 bits per heavy atom. The molecule has 5 heteroatoms. The van der Waals surface area contributed by atoms with Crippen LogP contribution in [0.4, 0.5) is 20.3 Å². The van der Waals surface area contributed by atoms with E-state index in [1.807, 2.05) is 0 Å². The lowest BCUT2D eigenvalue weighted by atomic mass is 10.3. The number of hydrogen-bond acceptors (Lipinski definition) is 3. The Bertz CT molecular complexity index is 532. The highest BCUT2D eigenvalue weighted by Gasteiger charge is 2.05. The van der Waals surface area contributed by atoms with E-state index >= 15 is 0 Å². The van der Waals surface area contributed by atoms with Gasteiger partial charge < -0.3 is 10.1 Å². The summed E-state index contributed by atoms with van der Waals surface area (Å²) in [5.74, 6) is -0.349. The highest BCUT2D eigenvalue weighted by Crippen LogP contribution is 2.23. The average molecular weight is 236 g/mol. The zero-order chi connectivity index (χ0) is 12.3. The van der Waals surface area contributed by atoms with Crippen LogP contribution in [0.1, 0.15) is 0 Å². The second-order valence-corrected chi connectivity index (χ2v) is 3.32. The van der Waals surface area contributed by atoms with Crippen molar-refractivity contribution < 1.29 is 13.5 Å². The van der Waals surface area contributed by atoms with Crippen LogP contribution in [0.3, 0.4) is 0 Å². The molecule has 0 aliphatic carbocycles. The average Bonchev–Trinajstić information content (AvgIpc) is 2.32. The molecule has 3 nitrogen and oxygen atoms in total. The summed E-state index contributed by atoms with van der Waals surface area (Å²) in [7, 11) is 1.48. The maximum atomic E-state index is 13.5. The van der Waals surface area contributed by atoms with Gasteiger partial charge in [0.1, 0.15) is 17.4 Å². The van der Waals surface area contributed by atoms with Crippen molar-refractivity contribution in [1.82, 2.24) is 4.98 Å². The third kappa shape index (κ3) is 2.69. The van der Waals surface area contributed by atoms with Gasteiger partial charge in [-0.1, -0.05) is 6.07 Å². The van der Waals surface area contributed by atoms with Gasteiger partial charge in [0.2, 0.25) is 5.95 Å². The number of methoxy groups -OCH3 is 1. The Morgan fingerprint density at radius 2 is 2.00 bits per heavy atom. The summed E-state index contributed by atoms with van der Waals surface area (Å²) in [4.78, 5) is 3.58. The van der Waals surface area contributed by atoms with Gasteiger partial charge >= 0.3 is 0 Å². The molecule has 0 atom stereocenters. The molecule has 0 amide bonds. The molecule has 88 valence electrons. The first-order valence-corrected chi connectivity index (χ1v) is 4.92. The number of halogens is 2. The summed E-state index contributed by atoms with van der Waals surface area (Å²) in [5.41, 5.74) is 0.183. The van der Waals surface area contributed by atoms with Crippen LogP contribution in [0.15, 0.2) is 36.4 Å². The van der Waals surface area contributed by atoms with E-state index in [1.54, 1.807) is 6.07 Å². The first-order chi connectivity index (χ1) is 8.19. The minimum atomic E-state index is -0.627. The third-order valence-electron chi connectivity index (χ3n) is 2.15. The molecule has 0 spiro atoms. The Hall–Kier alpha value is -2.17. The normalized spacial score (nSPS) is 10.1. The Balaban J connectivity index is 2.29.